The molecule has 0 radical (unpaired) electrons. The number of nitrogens with zero attached hydrogens (tertiary/aromatic N) is 10. The molecule has 7 N–H and O–H groups in total. The summed E-state index contributed by atoms with van der Waals surface area (Å²) < 4.78 is 81.7. The number of primary sulfonamides is 1. The van der Waals surface area contributed by atoms with Crippen LogP contribution in [0.3, 0.4) is 0 Å². The van der Waals surface area contributed by atoms with E-state index in [0.717, 1.165) is 29.6 Å². The lowest BCUT2D eigenvalue weighted by atomic mass is 10.2. The Hall–Kier alpha value is -6.95. The number of aryl methyl sites for hydroxylation is 2. The molecule has 32 heteroatoms. The standard InChI is InChI=1S/C22H27ClN8O6S.C8H12ClN3O3S.C8H10N2O2.C7H8N2OS/c1-5-15-9-16(37-30-15)12-26-22(29-28-21(32)17-7-6-8-18(27-17)35-3)31-38(33,34)13(2)19(36-4)20-24-10-14(23)11-25-20;1-5(16(10,13)14)7(15-2)8-11-3-6(9)4-12-8;1-12-8-4-2-3-6(10-8)7(11)5-9;1-2-6-3-7(10-9-6)4-11-5-8/h6-11,13,19H,5,12H2,1-4H3,(H,28,32)(H2,26,29,31);3-5,7H,1-2H3,(H2,10,13,14);2-4H,5,9H2,1H3;3H,2,4H2,1H3/t13-,19-;5-,7-;;/m00../s1. The Morgan fingerprint density at radius 3 is 1.70 bits per heavy atom. The zero-order chi connectivity index (χ0) is 57.1. The quantitative estimate of drug-likeness (QED) is 0.0234. The van der Waals surface area contributed by atoms with Gasteiger partial charge in [-0.15, -0.1) is 0 Å². The van der Waals surface area contributed by atoms with Gasteiger partial charge in [-0.3, -0.25) is 25.2 Å². The summed E-state index contributed by atoms with van der Waals surface area (Å²) in [4.78, 5) is 51.7. The summed E-state index contributed by atoms with van der Waals surface area (Å²) in [7, 11) is -2.27. The number of aromatic nitrogens is 8. The maximum absolute atomic E-state index is 13.3. The first-order valence-corrected chi connectivity index (χ1v) is 27.4. The van der Waals surface area contributed by atoms with Crippen LogP contribution in [-0.4, -0.2) is 120 Å². The molecule has 0 unspecified atom stereocenters. The SMILES string of the molecule is CCc1cc(CN=C(NNC(=O)c2cccc(OC)n2)NS(=O)(=O)[C@@H](C)[C@H](OC)c2ncc(Cl)cn2)on1.CCc1cc(CSC#N)on1.CO[C@H](c1ncc(Cl)cn1)[C@H](C)S(N)(=O)=O.COc1cccc(C(=O)CN)n1. The molecule has 0 aromatic carbocycles. The molecule has 6 heterocycles. The number of ether oxygens (including phenoxy) is 4. The van der Waals surface area contributed by atoms with Gasteiger partial charge < -0.3 is 33.7 Å². The minimum absolute atomic E-state index is 0.0228. The van der Waals surface area contributed by atoms with Crippen molar-refractivity contribution in [3.8, 4) is 17.2 Å². The van der Waals surface area contributed by atoms with Crippen molar-refractivity contribution in [3.63, 3.8) is 0 Å². The Morgan fingerprint density at radius 1 is 0.766 bits per heavy atom. The lowest BCUT2D eigenvalue weighted by Crippen LogP contribution is -2.52. The summed E-state index contributed by atoms with van der Waals surface area (Å²) in [6, 6.07) is 13.2. The minimum atomic E-state index is -4.17. The predicted octanol–water partition coefficient (Wildman–Crippen LogP) is 4.25. The summed E-state index contributed by atoms with van der Waals surface area (Å²) >= 11 is 12.6. The topological polar surface area (TPSA) is 393 Å². The van der Waals surface area contributed by atoms with Crippen molar-refractivity contribution < 1.29 is 54.4 Å². The molecule has 0 bridgehead atoms. The first-order chi connectivity index (χ1) is 36.7. The van der Waals surface area contributed by atoms with Crippen LogP contribution in [0.2, 0.25) is 10.0 Å². The molecule has 0 spiro atoms. The Morgan fingerprint density at radius 2 is 1.25 bits per heavy atom. The van der Waals surface area contributed by atoms with Gasteiger partial charge in [0.25, 0.3) is 5.91 Å². The van der Waals surface area contributed by atoms with Gasteiger partial charge in [0.2, 0.25) is 37.8 Å². The van der Waals surface area contributed by atoms with Gasteiger partial charge in [0.15, 0.2) is 23.2 Å². The monoisotopic (exact) mass is 1170 g/mol. The number of aliphatic imine (C=N–C) groups is 1. The van der Waals surface area contributed by atoms with Crippen LogP contribution in [-0.2, 0) is 54.7 Å². The van der Waals surface area contributed by atoms with Crippen LogP contribution in [0, 0.1) is 10.7 Å². The number of nitriles is 1. The number of thioether (sulfide) groups is 1. The summed E-state index contributed by atoms with van der Waals surface area (Å²) in [6.45, 7) is 6.66. The first kappa shape index (κ1) is 64.3. The Kier molecular flexibility index (Phi) is 27.2. The molecule has 27 nitrogen and oxygen atoms in total. The van der Waals surface area contributed by atoms with Gasteiger partial charge in [0.1, 0.15) is 51.8 Å². The van der Waals surface area contributed by atoms with Crippen LogP contribution in [0.4, 0.5) is 0 Å². The van der Waals surface area contributed by atoms with E-state index in [1.165, 1.54) is 73.1 Å². The van der Waals surface area contributed by atoms with Gasteiger partial charge in [-0.1, -0.05) is 59.5 Å². The lowest BCUT2D eigenvalue weighted by molar-refractivity contribution is 0.0934. The van der Waals surface area contributed by atoms with Crippen LogP contribution in [0.25, 0.3) is 0 Å². The molecule has 0 aliphatic rings. The van der Waals surface area contributed by atoms with Crippen molar-refractivity contribution in [1.29, 1.82) is 5.26 Å². The largest absolute Gasteiger partial charge is 0.481 e. The molecule has 1 amide bonds. The molecule has 0 saturated carbocycles. The second kappa shape index (κ2) is 32.6. The molecule has 6 aromatic heterocycles. The van der Waals surface area contributed by atoms with E-state index in [2.05, 4.69) is 60.8 Å². The molecule has 6 rings (SSSR count). The third kappa shape index (κ3) is 21.5. The molecule has 0 saturated heterocycles. The number of hydrogen-bond acceptors (Lipinski definition) is 24. The molecular weight excluding hydrogens is 1110 g/mol. The number of hydrazine groups is 1. The molecule has 77 heavy (non-hydrogen) atoms. The Balaban J connectivity index is 0.000000324. The highest BCUT2D eigenvalue weighted by atomic mass is 35.5. The van der Waals surface area contributed by atoms with E-state index in [-0.39, 0.29) is 53.1 Å². The summed E-state index contributed by atoms with van der Waals surface area (Å²) in [5.41, 5.74) is 12.0. The van der Waals surface area contributed by atoms with Crippen molar-refractivity contribution in [2.24, 2.45) is 15.9 Å². The highest BCUT2D eigenvalue weighted by molar-refractivity contribution is 8.02. The van der Waals surface area contributed by atoms with Crippen LogP contribution >= 0.6 is 35.0 Å². The molecule has 6 aromatic rings. The number of methoxy groups -OCH3 is 4. The highest BCUT2D eigenvalue weighted by Gasteiger charge is 2.34. The van der Waals surface area contributed by atoms with Crippen LogP contribution in [0.5, 0.6) is 11.8 Å². The average Bonchev–Trinajstić information content (AvgIpc) is 4.12. The van der Waals surface area contributed by atoms with E-state index in [1.54, 1.807) is 36.4 Å². The number of hydrogen-bond donors (Lipinski definition) is 5. The Labute approximate surface area is 458 Å². The summed E-state index contributed by atoms with van der Waals surface area (Å²) in [5, 5.41) is 21.5. The molecule has 0 aliphatic carbocycles. The third-order valence-corrected chi connectivity index (χ3v) is 13.8. The van der Waals surface area contributed by atoms with Gasteiger partial charge in [-0.05, 0) is 50.6 Å². The first-order valence-electron chi connectivity index (χ1n) is 22.5. The van der Waals surface area contributed by atoms with Crippen molar-refractivity contribution in [3.05, 3.63) is 129 Å². The lowest BCUT2D eigenvalue weighted by Gasteiger charge is -2.23. The van der Waals surface area contributed by atoms with E-state index < -0.39 is 48.7 Å². The number of nitrogens with two attached hydrogens (primary N) is 2. The number of nitrogens with one attached hydrogen (secondary N) is 3. The fourth-order valence-corrected chi connectivity index (χ4v) is 7.93. The average molecular weight is 1170 g/mol. The number of guanidine groups is 1. The zero-order valence-electron chi connectivity index (χ0n) is 42.8. The van der Waals surface area contributed by atoms with Gasteiger partial charge in [-0.2, -0.15) is 5.26 Å². The number of ketones is 1. The van der Waals surface area contributed by atoms with Gasteiger partial charge >= 0.3 is 0 Å². The van der Waals surface area contributed by atoms with E-state index in [1.807, 2.05) is 25.3 Å². The highest BCUT2D eigenvalue weighted by Crippen LogP contribution is 2.24. The van der Waals surface area contributed by atoms with Crippen molar-refractivity contribution >= 4 is 72.7 Å². The van der Waals surface area contributed by atoms with Gasteiger partial charge in [-0.25, -0.2) is 56.9 Å². The van der Waals surface area contributed by atoms with Crippen LogP contribution in [0.15, 0.2) is 87.4 Å². The van der Waals surface area contributed by atoms with E-state index >= 15 is 0 Å². The third-order valence-electron chi connectivity index (χ3n) is 9.87. The van der Waals surface area contributed by atoms with E-state index in [0.29, 0.717) is 40.2 Å². The number of rotatable bonds is 20. The van der Waals surface area contributed by atoms with Gasteiger partial charge in [0, 0.05) is 63.3 Å². The smallest absolute Gasteiger partial charge is 0.288 e. The maximum atomic E-state index is 13.3. The zero-order valence-corrected chi connectivity index (χ0v) is 46.7. The number of amides is 1. The second-order valence-corrected chi connectivity index (χ2v) is 20.7. The second-order valence-electron chi connectivity index (χ2n) is 15.1. The number of thiocyanates is 1. The molecule has 416 valence electrons. The van der Waals surface area contributed by atoms with Crippen molar-refractivity contribution in [2.75, 3.05) is 35.0 Å². The fraction of sp³-hybridized carbons (Fsp3) is 0.378. The minimum Gasteiger partial charge on any atom is -0.481 e. The number of carbonyl (C=O) groups excluding carboxylic acids is 2. The van der Waals surface area contributed by atoms with E-state index in [9.17, 15) is 26.4 Å². The molecule has 0 aliphatic heterocycles. The number of pyridine rings is 2. The number of Topliss-reactive ketones (excluding diaryl/α,β-unsaturated/α-hetero) is 1. The molecule has 4 atom stereocenters. The van der Waals surface area contributed by atoms with E-state index in [4.69, 9.17) is 67.3 Å². The Bertz CT molecular complexity index is 3100. The normalized spacial score (nSPS) is 12.7. The van der Waals surface area contributed by atoms with Crippen LogP contribution < -0.4 is 35.9 Å². The maximum Gasteiger partial charge on any atom is 0.288 e. The molecule has 0 fully saturated rings. The fourth-order valence-electron chi connectivity index (χ4n) is 5.68. The van der Waals surface area contributed by atoms with Gasteiger partial charge in [0.05, 0.1) is 48.0 Å². The number of halogens is 2. The van der Waals surface area contributed by atoms with Crippen molar-refractivity contribution in [1.82, 2.24) is 55.8 Å². The predicted molar refractivity (Wildman–Crippen MR) is 283 cm³/mol. The summed E-state index contributed by atoms with van der Waals surface area (Å²) in [6.07, 6.45) is 5.08. The van der Waals surface area contributed by atoms with Crippen molar-refractivity contribution in [2.45, 2.75) is 75.5 Å². The summed E-state index contributed by atoms with van der Waals surface area (Å²) in [5.74, 6) is 1.60. The van der Waals surface area contributed by atoms with Crippen LogP contribution in [0.1, 0.15) is 95.4 Å². The number of sulfonamides is 2. The molecular formula is C45H57Cl2N15O12S3. The number of carbonyl (C=O) groups is 2.